The first-order chi connectivity index (χ1) is 14.2. The Balaban J connectivity index is 1.65. The fourth-order valence-electron chi connectivity index (χ4n) is 4.99. The highest BCUT2D eigenvalue weighted by Crippen LogP contribution is 2.33. The van der Waals surface area contributed by atoms with Gasteiger partial charge >= 0.3 is 0 Å². The smallest absolute Gasteiger partial charge is 0.239 e. The maximum atomic E-state index is 13.0. The van der Waals surface area contributed by atoms with Gasteiger partial charge in [-0.2, -0.15) is 0 Å². The van der Waals surface area contributed by atoms with Crippen molar-refractivity contribution in [1.82, 2.24) is 10.2 Å². The Bertz CT molecular complexity index is 813. The summed E-state index contributed by atoms with van der Waals surface area (Å²) in [6, 6.07) is 8.46. The average molecular weight is 435 g/mol. The first-order valence-electron chi connectivity index (χ1n) is 11.5. The van der Waals surface area contributed by atoms with Crippen LogP contribution in [0.2, 0.25) is 0 Å². The van der Waals surface area contributed by atoms with Crippen molar-refractivity contribution in [1.29, 1.82) is 0 Å². The number of nitrogens with one attached hydrogen (secondary N) is 1. The fraction of sp³-hybridized carbons (Fsp3) is 0.708. The number of likely N-dealkylation sites (N-methyl/N-ethyl adjacent to an activating group) is 1. The average Bonchev–Trinajstić information content (AvgIpc) is 3.11. The maximum Gasteiger partial charge on any atom is 0.239 e. The van der Waals surface area contributed by atoms with Gasteiger partial charge in [0.1, 0.15) is 0 Å². The summed E-state index contributed by atoms with van der Waals surface area (Å²) < 4.78 is 23.6. The monoisotopic (exact) mass is 434 g/mol. The number of carbonyl (C=O) groups excluding carboxylic acids is 1. The van der Waals surface area contributed by atoms with Gasteiger partial charge in [-0.15, -0.1) is 0 Å². The van der Waals surface area contributed by atoms with Gasteiger partial charge in [-0.1, -0.05) is 57.4 Å². The third-order valence-electron chi connectivity index (χ3n) is 6.94. The molecule has 2 fully saturated rings. The molecule has 0 spiro atoms. The van der Waals surface area contributed by atoms with Crippen molar-refractivity contribution in [2.24, 2.45) is 5.92 Å². The maximum absolute atomic E-state index is 13.0. The van der Waals surface area contributed by atoms with Crippen molar-refractivity contribution >= 4 is 15.7 Å². The quantitative estimate of drug-likeness (QED) is 0.703. The first-order valence-corrected chi connectivity index (χ1v) is 13.3. The van der Waals surface area contributed by atoms with Crippen LogP contribution in [0.3, 0.4) is 0 Å². The van der Waals surface area contributed by atoms with E-state index in [0.29, 0.717) is 18.3 Å². The molecule has 1 N–H and O–H groups in total. The van der Waals surface area contributed by atoms with Gasteiger partial charge in [0.25, 0.3) is 0 Å². The van der Waals surface area contributed by atoms with Crippen molar-refractivity contribution in [3.8, 4) is 0 Å². The minimum atomic E-state index is -3.01. The molecule has 1 saturated carbocycles. The van der Waals surface area contributed by atoms with Crippen LogP contribution >= 0.6 is 0 Å². The molecule has 1 heterocycles. The van der Waals surface area contributed by atoms with E-state index in [9.17, 15) is 13.2 Å². The largest absolute Gasteiger partial charge is 0.340 e. The summed E-state index contributed by atoms with van der Waals surface area (Å²) >= 11 is 0. The summed E-state index contributed by atoms with van der Waals surface area (Å²) in [5.41, 5.74) is 2.64. The second-order valence-corrected chi connectivity index (χ2v) is 11.8. The van der Waals surface area contributed by atoms with E-state index < -0.39 is 9.84 Å². The lowest BCUT2D eigenvalue weighted by molar-refractivity contribution is -0.133. The van der Waals surface area contributed by atoms with E-state index in [1.807, 2.05) is 6.92 Å². The lowest BCUT2D eigenvalue weighted by Crippen LogP contribution is -2.49. The van der Waals surface area contributed by atoms with Gasteiger partial charge in [-0.3, -0.25) is 10.1 Å². The number of sulfone groups is 1. The SMILES string of the molecule is CC(NC(c1ccc(C2CCCCC2)cc1)C(C)C)C(=O)N(C)C1CCS(=O)(=O)C1. The molecule has 1 amide bonds. The van der Waals surface area contributed by atoms with E-state index in [0.717, 1.165) is 0 Å². The van der Waals surface area contributed by atoms with E-state index in [1.165, 1.54) is 43.2 Å². The summed E-state index contributed by atoms with van der Waals surface area (Å²) in [4.78, 5) is 14.6. The molecule has 1 saturated heterocycles. The molecule has 3 rings (SSSR count). The van der Waals surface area contributed by atoms with Crippen LogP contribution in [0.4, 0.5) is 0 Å². The molecule has 0 bridgehead atoms. The number of hydrogen-bond donors (Lipinski definition) is 1. The van der Waals surface area contributed by atoms with E-state index in [2.05, 4.69) is 43.4 Å². The van der Waals surface area contributed by atoms with E-state index in [1.54, 1.807) is 11.9 Å². The highest BCUT2D eigenvalue weighted by Gasteiger charge is 2.34. The predicted octanol–water partition coefficient (Wildman–Crippen LogP) is 4.06. The third-order valence-corrected chi connectivity index (χ3v) is 8.69. The summed E-state index contributed by atoms with van der Waals surface area (Å²) in [5.74, 6) is 1.24. The summed E-state index contributed by atoms with van der Waals surface area (Å²) in [6.07, 6.45) is 7.14. The number of benzene rings is 1. The summed E-state index contributed by atoms with van der Waals surface area (Å²) in [7, 11) is -1.28. The molecule has 6 heteroatoms. The van der Waals surface area contributed by atoms with Gasteiger partial charge in [-0.25, -0.2) is 8.42 Å². The zero-order chi connectivity index (χ0) is 21.9. The van der Waals surface area contributed by atoms with Crippen LogP contribution in [0.5, 0.6) is 0 Å². The van der Waals surface area contributed by atoms with E-state index >= 15 is 0 Å². The van der Waals surface area contributed by atoms with Gasteiger partial charge in [0.05, 0.1) is 17.5 Å². The molecule has 168 valence electrons. The highest BCUT2D eigenvalue weighted by atomic mass is 32.2. The Morgan fingerprint density at radius 3 is 2.20 bits per heavy atom. The molecule has 30 heavy (non-hydrogen) atoms. The van der Waals surface area contributed by atoms with Crippen LogP contribution in [0, 0.1) is 5.92 Å². The predicted molar refractivity (Wildman–Crippen MR) is 122 cm³/mol. The zero-order valence-corrected chi connectivity index (χ0v) is 19.7. The molecule has 3 atom stereocenters. The molecule has 1 aliphatic carbocycles. The third kappa shape index (κ3) is 5.64. The second-order valence-electron chi connectivity index (χ2n) is 9.62. The number of nitrogens with zero attached hydrogens (tertiary/aromatic N) is 1. The second kappa shape index (κ2) is 9.82. The summed E-state index contributed by atoms with van der Waals surface area (Å²) in [6.45, 7) is 6.21. The van der Waals surface area contributed by atoms with Gasteiger partial charge in [0, 0.05) is 19.1 Å². The van der Waals surface area contributed by atoms with Gasteiger partial charge in [0.2, 0.25) is 5.91 Å². The first kappa shape index (κ1) is 23.3. The fourth-order valence-corrected chi connectivity index (χ4v) is 6.77. The molecule has 0 aromatic heterocycles. The summed E-state index contributed by atoms with van der Waals surface area (Å²) in [5, 5.41) is 3.52. The lowest BCUT2D eigenvalue weighted by Gasteiger charge is -2.31. The van der Waals surface area contributed by atoms with Crippen molar-refractivity contribution in [3.63, 3.8) is 0 Å². The zero-order valence-electron chi connectivity index (χ0n) is 18.9. The Labute approximate surface area is 182 Å². The van der Waals surface area contributed by atoms with Gasteiger partial charge in [0.15, 0.2) is 9.84 Å². The molecular formula is C24H38N2O3S. The Morgan fingerprint density at radius 2 is 1.67 bits per heavy atom. The van der Waals surface area contributed by atoms with Gasteiger partial charge in [-0.05, 0) is 49.1 Å². The molecule has 0 radical (unpaired) electrons. The topological polar surface area (TPSA) is 66.5 Å². The van der Waals surface area contributed by atoms with Crippen LogP contribution in [0.15, 0.2) is 24.3 Å². The van der Waals surface area contributed by atoms with Crippen LogP contribution in [-0.4, -0.2) is 49.9 Å². The van der Waals surface area contributed by atoms with Crippen LogP contribution < -0.4 is 5.32 Å². The normalized spacial score (nSPS) is 24.0. The molecule has 3 unspecified atom stereocenters. The molecule has 1 aromatic rings. The van der Waals surface area contributed by atoms with Crippen molar-refractivity contribution in [2.45, 2.75) is 83.3 Å². The Hall–Kier alpha value is -1.40. The molecular weight excluding hydrogens is 396 g/mol. The molecule has 2 aliphatic rings. The van der Waals surface area contributed by atoms with Crippen molar-refractivity contribution in [3.05, 3.63) is 35.4 Å². The number of amides is 1. The van der Waals surface area contributed by atoms with E-state index in [4.69, 9.17) is 0 Å². The standard InChI is InChI=1S/C24H38N2O3S/c1-17(2)23(21-12-10-20(11-13-21)19-8-6-5-7-9-19)25-18(3)24(27)26(4)22-14-15-30(28,29)16-22/h10-13,17-19,22-23,25H,5-9,14-16H2,1-4H3. The minimum absolute atomic E-state index is 0.0402. The molecule has 1 aromatic carbocycles. The van der Waals surface area contributed by atoms with Gasteiger partial charge < -0.3 is 4.90 Å². The molecule has 1 aliphatic heterocycles. The van der Waals surface area contributed by atoms with Crippen LogP contribution in [-0.2, 0) is 14.6 Å². The van der Waals surface area contributed by atoms with Crippen LogP contribution in [0.1, 0.15) is 82.4 Å². The highest BCUT2D eigenvalue weighted by molar-refractivity contribution is 7.91. The number of carbonyl (C=O) groups is 1. The number of hydrogen-bond acceptors (Lipinski definition) is 4. The minimum Gasteiger partial charge on any atom is -0.340 e. The van der Waals surface area contributed by atoms with Crippen LogP contribution in [0.25, 0.3) is 0 Å². The Morgan fingerprint density at radius 1 is 1.03 bits per heavy atom. The lowest BCUT2D eigenvalue weighted by atomic mass is 9.83. The van der Waals surface area contributed by atoms with Crippen molar-refractivity contribution < 1.29 is 13.2 Å². The van der Waals surface area contributed by atoms with Crippen molar-refractivity contribution in [2.75, 3.05) is 18.6 Å². The Kier molecular flexibility index (Phi) is 7.61. The molecule has 5 nitrogen and oxygen atoms in total. The van der Waals surface area contributed by atoms with E-state index in [-0.39, 0.29) is 35.5 Å². The number of rotatable bonds is 7.